The number of hydrogen-bond donors (Lipinski definition) is 2. The first-order chi connectivity index (χ1) is 15.7. The minimum absolute atomic E-state index is 0.126. The first-order valence-corrected chi connectivity index (χ1v) is 12.0. The summed E-state index contributed by atoms with van der Waals surface area (Å²) in [5.41, 5.74) is 2.30. The zero-order chi connectivity index (χ0) is 24.0. The van der Waals surface area contributed by atoms with Gasteiger partial charge in [-0.05, 0) is 43.5 Å². The van der Waals surface area contributed by atoms with E-state index in [1.54, 1.807) is 24.3 Å². The Hall–Kier alpha value is -2.84. The summed E-state index contributed by atoms with van der Waals surface area (Å²) in [5.74, 6) is 0.751. The van der Waals surface area contributed by atoms with Gasteiger partial charge in [0.2, 0.25) is 5.91 Å². The molecule has 0 saturated carbocycles. The molecule has 0 aliphatic carbocycles. The highest BCUT2D eigenvalue weighted by atomic mass is 35.5. The monoisotopic (exact) mass is 485 g/mol. The van der Waals surface area contributed by atoms with Crippen LogP contribution in [0.2, 0.25) is 5.02 Å². The first kappa shape index (κ1) is 24.8. The van der Waals surface area contributed by atoms with E-state index >= 15 is 0 Å². The average molecular weight is 486 g/mol. The number of nitrogens with one attached hydrogen (secondary N) is 2. The van der Waals surface area contributed by atoms with Crippen LogP contribution in [0.1, 0.15) is 48.1 Å². The van der Waals surface area contributed by atoms with Crippen molar-refractivity contribution in [1.29, 1.82) is 0 Å². The summed E-state index contributed by atoms with van der Waals surface area (Å²) in [7, 11) is 1.84. The molecule has 9 heteroatoms. The van der Waals surface area contributed by atoms with Gasteiger partial charge in [0.15, 0.2) is 11.0 Å². The standard InChI is InChI=1S/C24H28ClN5O2S/c1-15(2)13-20(27-23(32)18-7-5-6-8-19(18)25)22-28-29-24(30(22)4)33-14-21(31)26-17-11-9-16(3)10-12-17/h5-12,15,20H,13-14H2,1-4H3,(H,26,31)(H,27,32). The lowest BCUT2D eigenvalue weighted by Gasteiger charge is -2.20. The van der Waals surface area contributed by atoms with E-state index in [9.17, 15) is 9.59 Å². The molecule has 3 rings (SSSR count). The molecule has 2 aromatic carbocycles. The van der Waals surface area contributed by atoms with Crippen molar-refractivity contribution in [2.45, 2.75) is 38.4 Å². The number of anilines is 1. The molecule has 0 radical (unpaired) electrons. The Morgan fingerprint density at radius 1 is 1.09 bits per heavy atom. The number of carbonyl (C=O) groups is 2. The Morgan fingerprint density at radius 2 is 1.79 bits per heavy atom. The molecule has 7 nitrogen and oxygen atoms in total. The second-order valence-electron chi connectivity index (χ2n) is 8.24. The van der Waals surface area contributed by atoms with Crippen molar-refractivity contribution < 1.29 is 9.59 Å². The highest BCUT2D eigenvalue weighted by Gasteiger charge is 2.24. The van der Waals surface area contributed by atoms with Gasteiger partial charge in [-0.2, -0.15) is 0 Å². The third kappa shape index (κ3) is 6.82. The second-order valence-corrected chi connectivity index (χ2v) is 9.59. The zero-order valence-electron chi connectivity index (χ0n) is 19.1. The maximum atomic E-state index is 12.8. The molecule has 2 N–H and O–H groups in total. The number of aromatic nitrogens is 3. The maximum absolute atomic E-state index is 12.8. The maximum Gasteiger partial charge on any atom is 0.253 e. The molecule has 0 aliphatic rings. The Kier molecular flexibility index (Phi) is 8.52. The smallest absolute Gasteiger partial charge is 0.253 e. The summed E-state index contributed by atoms with van der Waals surface area (Å²) in [4.78, 5) is 25.2. The largest absolute Gasteiger partial charge is 0.342 e. The third-order valence-corrected chi connectivity index (χ3v) is 6.33. The van der Waals surface area contributed by atoms with Crippen LogP contribution >= 0.6 is 23.4 Å². The Balaban J connectivity index is 1.68. The molecule has 1 heterocycles. The molecular weight excluding hydrogens is 458 g/mol. The molecule has 2 amide bonds. The molecule has 0 fully saturated rings. The summed E-state index contributed by atoms with van der Waals surface area (Å²) >= 11 is 7.49. The van der Waals surface area contributed by atoms with Crippen LogP contribution < -0.4 is 10.6 Å². The summed E-state index contributed by atoms with van der Waals surface area (Å²) in [6.45, 7) is 6.16. The van der Waals surface area contributed by atoms with E-state index in [0.29, 0.717) is 33.9 Å². The predicted octanol–water partition coefficient (Wildman–Crippen LogP) is 5.02. The van der Waals surface area contributed by atoms with Gasteiger partial charge in [0, 0.05) is 12.7 Å². The van der Waals surface area contributed by atoms with Gasteiger partial charge in [-0.15, -0.1) is 10.2 Å². The molecule has 0 spiro atoms. The number of halogens is 1. The number of benzene rings is 2. The Labute approximate surface area is 203 Å². The number of aryl methyl sites for hydroxylation is 1. The van der Waals surface area contributed by atoms with Crippen LogP contribution in [0.15, 0.2) is 53.7 Å². The molecule has 0 aliphatic heterocycles. The van der Waals surface area contributed by atoms with Gasteiger partial charge in [-0.1, -0.05) is 67.0 Å². The topological polar surface area (TPSA) is 88.9 Å². The van der Waals surface area contributed by atoms with Crippen LogP contribution in [0, 0.1) is 12.8 Å². The fourth-order valence-electron chi connectivity index (χ4n) is 3.30. The number of thioether (sulfide) groups is 1. The molecule has 1 atom stereocenters. The van der Waals surface area contributed by atoms with Gasteiger partial charge in [0.1, 0.15) is 0 Å². The van der Waals surface area contributed by atoms with Crippen molar-refractivity contribution in [3.05, 3.63) is 70.5 Å². The van der Waals surface area contributed by atoms with E-state index in [0.717, 1.165) is 11.3 Å². The SMILES string of the molecule is Cc1ccc(NC(=O)CSc2nnc(C(CC(C)C)NC(=O)c3ccccc3Cl)n2C)cc1. The van der Waals surface area contributed by atoms with Gasteiger partial charge in [-0.25, -0.2) is 0 Å². The zero-order valence-corrected chi connectivity index (χ0v) is 20.7. The molecule has 0 saturated heterocycles. The van der Waals surface area contributed by atoms with E-state index in [4.69, 9.17) is 11.6 Å². The van der Waals surface area contributed by atoms with Gasteiger partial charge < -0.3 is 15.2 Å². The van der Waals surface area contributed by atoms with Gasteiger partial charge in [0.25, 0.3) is 5.91 Å². The number of amides is 2. The summed E-state index contributed by atoms with van der Waals surface area (Å²) in [5, 5.41) is 15.5. The third-order valence-electron chi connectivity index (χ3n) is 4.98. The quantitative estimate of drug-likeness (QED) is 0.415. The number of carbonyl (C=O) groups excluding carboxylic acids is 2. The summed E-state index contributed by atoms with van der Waals surface area (Å²) < 4.78 is 1.82. The van der Waals surface area contributed by atoms with E-state index in [2.05, 4.69) is 34.7 Å². The van der Waals surface area contributed by atoms with Crippen molar-refractivity contribution in [3.63, 3.8) is 0 Å². The van der Waals surface area contributed by atoms with Crippen molar-refractivity contribution in [1.82, 2.24) is 20.1 Å². The minimum Gasteiger partial charge on any atom is -0.342 e. The molecular formula is C24H28ClN5O2S. The van der Waals surface area contributed by atoms with Crippen molar-refractivity contribution in [2.75, 3.05) is 11.1 Å². The number of nitrogens with zero attached hydrogens (tertiary/aromatic N) is 3. The van der Waals surface area contributed by atoms with Crippen LogP contribution in [0.5, 0.6) is 0 Å². The lowest BCUT2D eigenvalue weighted by Crippen LogP contribution is -2.31. The van der Waals surface area contributed by atoms with Crippen LogP contribution in [-0.4, -0.2) is 32.3 Å². The highest BCUT2D eigenvalue weighted by molar-refractivity contribution is 7.99. The van der Waals surface area contributed by atoms with E-state index in [1.165, 1.54) is 11.8 Å². The first-order valence-electron chi connectivity index (χ1n) is 10.7. The normalized spacial score (nSPS) is 11.9. The molecule has 0 bridgehead atoms. The molecule has 33 heavy (non-hydrogen) atoms. The lowest BCUT2D eigenvalue weighted by atomic mass is 10.0. The Morgan fingerprint density at radius 3 is 2.45 bits per heavy atom. The molecule has 3 aromatic rings. The van der Waals surface area contributed by atoms with E-state index in [1.807, 2.05) is 42.8 Å². The van der Waals surface area contributed by atoms with Crippen molar-refractivity contribution in [2.24, 2.45) is 13.0 Å². The molecule has 1 aromatic heterocycles. The molecule has 1 unspecified atom stereocenters. The fraction of sp³-hybridized carbons (Fsp3) is 0.333. The number of hydrogen-bond acceptors (Lipinski definition) is 5. The van der Waals surface area contributed by atoms with E-state index in [-0.39, 0.29) is 23.6 Å². The Bertz CT molecular complexity index is 1110. The van der Waals surface area contributed by atoms with Gasteiger partial charge in [0.05, 0.1) is 22.4 Å². The van der Waals surface area contributed by atoms with Gasteiger partial charge >= 0.3 is 0 Å². The van der Waals surface area contributed by atoms with Crippen molar-refractivity contribution in [3.8, 4) is 0 Å². The predicted molar refractivity (Wildman–Crippen MR) is 133 cm³/mol. The highest BCUT2D eigenvalue weighted by Crippen LogP contribution is 2.25. The number of rotatable bonds is 9. The minimum atomic E-state index is -0.345. The lowest BCUT2D eigenvalue weighted by molar-refractivity contribution is -0.113. The van der Waals surface area contributed by atoms with Crippen LogP contribution in [-0.2, 0) is 11.8 Å². The fourth-order valence-corrected chi connectivity index (χ4v) is 4.24. The van der Waals surface area contributed by atoms with Crippen molar-refractivity contribution >= 4 is 40.9 Å². The molecule has 174 valence electrons. The van der Waals surface area contributed by atoms with Gasteiger partial charge in [-0.3, -0.25) is 9.59 Å². The van der Waals surface area contributed by atoms with E-state index < -0.39 is 0 Å². The summed E-state index contributed by atoms with van der Waals surface area (Å²) in [6, 6.07) is 14.2. The van der Waals surface area contributed by atoms with Crippen LogP contribution in [0.4, 0.5) is 5.69 Å². The van der Waals surface area contributed by atoms with Crippen LogP contribution in [0.25, 0.3) is 0 Å². The second kappa shape index (κ2) is 11.3. The van der Waals surface area contributed by atoms with Crippen LogP contribution in [0.3, 0.4) is 0 Å². The average Bonchev–Trinajstić information content (AvgIpc) is 3.13. The summed E-state index contributed by atoms with van der Waals surface area (Å²) in [6.07, 6.45) is 0.681.